The third-order valence-corrected chi connectivity index (χ3v) is 5.85. The summed E-state index contributed by atoms with van der Waals surface area (Å²) in [5.74, 6) is 0.439. The van der Waals surface area contributed by atoms with Crippen LogP contribution in [0.5, 0.6) is 5.75 Å². The summed E-state index contributed by atoms with van der Waals surface area (Å²) in [4.78, 5) is 27.7. The Hall–Kier alpha value is -2.24. The number of nitrogens with one attached hydrogen (secondary N) is 1. The van der Waals surface area contributed by atoms with Crippen molar-refractivity contribution in [3.05, 3.63) is 63.1 Å². The summed E-state index contributed by atoms with van der Waals surface area (Å²) in [5.41, 5.74) is 2.94. The van der Waals surface area contributed by atoms with Crippen molar-refractivity contribution in [3.63, 3.8) is 0 Å². The topological polar surface area (TPSA) is 58.6 Å². The summed E-state index contributed by atoms with van der Waals surface area (Å²) < 4.78 is 5.77. The Kier molecular flexibility index (Phi) is 9.85. The number of halogens is 2. The van der Waals surface area contributed by atoms with E-state index >= 15 is 0 Å². The van der Waals surface area contributed by atoms with Gasteiger partial charge in [0.25, 0.3) is 5.91 Å². The molecular weight excluding hydrogens is 447 g/mol. The predicted octanol–water partition coefficient (Wildman–Crippen LogP) is 5.57. The number of ether oxygens (including phenoxy) is 1. The van der Waals surface area contributed by atoms with Gasteiger partial charge in [-0.3, -0.25) is 9.59 Å². The molecule has 5 nitrogen and oxygen atoms in total. The molecule has 1 N–H and O–H groups in total. The van der Waals surface area contributed by atoms with E-state index in [2.05, 4.69) is 5.32 Å². The first-order chi connectivity index (χ1) is 15.1. The van der Waals surface area contributed by atoms with Gasteiger partial charge in [-0.2, -0.15) is 0 Å². The highest BCUT2D eigenvalue weighted by Gasteiger charge is 2.29. The van der Waals surface area contributed by atoms with Crippen molar-refractivity contribution in [3.8, 4) is 5.75 Å². The first kappa shape index (κ1) is 26.0. The lowest BCUT2D eigenvalue weighted by Gasteiger charge is -2.31. The number of rotatable bonds is 10. The van der Waals surface area contributed by atoms with E-state index in [-0.39, 0.29) is 25.0 Å². The normalized spacial score (nSPS) is 11.9. The van der Waals surface area contributed by atoms with E-state index in [1.807, 2.05) is 52.8 Å². The Bertz CT molecular complexity index is 947. The average molecular weight is 479 g/mol. The summed E-state index contributed by atoms with van der Waals surface area (Å²) in [6.45, 7) is 10.5. The van der Waals surface area contributed by atoms with Gasteiger partial charge < -0.3 is 15.0 Å². The standard InChI is InChI=1S/C25H32Cl2N2O3/c1-6-23(25(31)28-13-16(2)3)29(14-19-8-9-20(26)12-22(19)27)24(30)15-32-21-10-7-17(4)18(5)11-21/h7-12,16,23H,6,13-15H2,1-5H3,(H,28,31). The lowest BCUT2D eigenvalue weighted by atomic mass is 10.1. The highest BCUT2D eigenvalue weighted by Crippen LogP contribution is 2.24. The molecule has 0 spiro atoms. The summed E-state index contributed by atoms with van der Waals surface area (Å²) in [6, 6.07) is 10.2. The van der Waals surface area contributed by atoms with Crippen LogP contribution in [0.2, 0.25) is 10.0 Å². The van der Waals surface area contributed by atoms with Gasteiger partial charge >= 0.3 is 0 Å². The third kappa shape index (κ3) is 7.42. The van der Waals surface area contributed by atoms with E-state index in [1.54, 1.807) is 18.2 Å². The summed E-state index contributed by atoms with van der Waals surface area (Å²) in [6.07, 6.45) is 0.463. The molecule has 32 heavy (non-hydrogen) atoms. The highest BCUT2D eigenvalue weighted by atomic mass is 35.5. The van der Waals surface area contributed by atoms with Crippen LogP contribution in [0.25, 0.3) is 0 Å². The fraction of sp³-hybridized carbons (Fsp3) is 0.440. The second-order valence-electron chi connectivity index (χ2n) is 8.36. The molecule has 2 amide bonds. The van der Waals surface area contributed by atoms with Crippen LogP contribution >= 0.6 is 23.2 Å². The zero-order chi connectivity index (χ0) is 23.8. The van der Waals surface area contributed by atoms with Crippen LogP contribution in [0.15, 0.2) is 36.4 Å². The van der Waals surface area contributed by atoms with E-state index in [4.69, 9.17) is 27.9 Å². The van der Waals surface area contributed by atoms with Crippen LogP contribution < -0.4 is 10.1 Å². The minimum Gasteiger partial charge on any atom is -0.484 e. The van der Waals surface area contributed by atoms with Crippen LogP contribution in [0.4, 0.5) is 0 Å². The van der Waals surface area contributed by atoms with Gasteiger partial charge in [0.1, 0.15) is 11.8 Å². The number of amides is 2. The second kappa shape index (κ2) is 12.1. The molecule has 2 aromatic carbocycles. The van der Waals surface area contributed by atoms with Crippen LogP contribution in [-0.4, -0.2) is 35.9 Å². The van der Waals surface area contributed by atoms with Crippen molar-refractivity contribution in [1.82, 2.24) is 10.2 Å². The zero-order valence-corrected chi connectivity index (χ0v) is 20.9. The van der Waals surface area contributed by atoms with Gasteiger partial charge in [-0.25, -0.2) is 0 Å². The maximum atomic E-state index is 13.2. The molecule has 0 aliphatic carbocycles. The Morgan fingerprint density at radius 2 is 1.78 bits per heavy atom. The van der Waals surface area contributed by atoms with Gasteiger partial charge in [0.2, 0.25) is 5.91 Å². The quantitative estimate of drug-likeness (QED) is 0.485. The number of nitrogens with zero attached hydrogens (tertiary/aromatic N) is 1. The molecule has 0 saturated carbocycles. The third-order valence-electron chi connectivity index (χ3n) is 5.27. The molecule has 1 atom stereocenters. The van der Waals surface area contributed by atoms with Crippen LogP contribution in [0.1, 0.15) is 43.9 Å². The molecule has 7 heteroatoms. The van der Waals surface area contributed by atoms with Crippen LogP contribution in [-0.2, 0) is 16.1 Å². The molecule has 0 bridgehead atoms. The average Bonchev–Trinajstić information content (AvgIpc) is 2.74. The number of benzene rings is 2. The molecule has 0 heterocycles. The molecule has 174 valence electrons. The maximum Gasteiger partial charge on any atom is 0.261 e. The van der Waals surface area contributed by atoms with Crippen LogP contribution in [0, 0.1) is 19.8 Å². The van der Waals surface area contributed by atoms with E-state index < -0.39 is 6.04 Å². The fourth-order valence-electron chi connectivity index (χ4n) is 3.21. The Morgan fingerprint density at radius 1 is 1.06 bits per heavy atom. The van der Waals surface area contributed by atoms with Crippen molar-refractivity contribution in [1.29, 1.82) is 0 Å². The minimum atomic E-state index is -0.642. The Balaban J connectivity index is 2.24. The highest BCUT2D eigenvalue weighted by molar-refractivity contribution is 6.35. The van der Waals surface area contributed by atoms with Gasteiger partial charge in [0.15, 0.2) is 6.61 Å². The number of hydrogen-bond acceptors (Lipinski definition) is 3. The summed E-state index contributed by atoms with van der Waals surface area (Å²) in [5, 5.41) is 3.90. The van der Waals surface area contributed by atoms with Crippen molar-refractivity contribution >= 4 is 35.0 Å². The van der Waals surface area contributed by atoms with Gasteiger partial charge in [-0.15, -0.1) is 0 Å². The predicted molar refractivity (Wildman–Crippen MR) is 130 cm³/mol. The van der Waals surface area contributed by atoms with Crippen molar-refractivity contribution in [2.75, 3.05) is 13.2 Å². The smallest absolute Gasteiger partial charge is 0.261 e. The van der Waals surface area contributed by atoms with Crippen molar-refractivity contribution < 1.29 is 14.3 Å². The van der Waals surface area contributed by atoms with Crippen molar-refractivity contribution in [2.45, 2.75) is 53.6 Å². The SMILES string of the molecule is CCC(C(=O)NCC(C)C)N(Cc1ccc(Cl)cc1Cl)C(=O)COc1ccc(C)c(C)c1. The largest absolute Gasteiger partial charge is 0.484 e. The summed E-state index contributed by atoms with van der Waals surface area (Å²) >= 11 is 12.4. The minimum absolute atomic E-state index is 0.179. The van der Waals surface area contributed by atoms with Gasteiger partial charge in [-0.05, 0) is 67.1 Å². The Morgan fingerprint density at radius 3 is 2.38 bits per heavy atom. The van der Waals surface area contributed by atoms with E-state index in [1.165, 1.54) is 4.90 Å². The number of aryl methyl sites for hydroxylation is 2. The second-order valence-corrected chi connectivity index (χ2v) is 9.20. The molecular formula is C25H32Cl2N2O3. The van der Waals surface area contributed by atoms with E-state index in [0.717, 1.165) is 11.1 Å². The first-order valence-electron chi connectivity index (χ1n) is 10.8. The number of carbonyl (C=O) groups excluding carboxylic acids is 2. The molecule has 0 aliphatic rings. The first-order valence-corrected chi connectivity index (χ1v) is 11.6. The van der Waals surface area contributed by atoms with E-state index in [9.17, 15) is 9.59 Å². The fourth-order valence-corrected chi connectivity index (χ4v) is 3.68. The molecule has 0 aliphatic heterocycles. The molecule has 0 fully saturated rings. The zero-order valence-electron chi connectivity index (χ0n) is 19.4. The monoisotopic (exact) mass is 478 g/mol. The lowest BCUT2D eigenvalue weighted by molar-refractivity contribution is -0.143. The molecule has 0 radical (unpaired) electrons. The maximum absolute atomic E-state index is 13.2. The number of carbonyl (C=O) groups is 2. The van der Waals surface area contributed by atoms with Crippen molar-refractivity contribution in [2.24, 2.45) is 5.92 Å². The lowest BCUT2D eigenvalue weighted by Crippen LogP contribution is -2.50. The van der Waals surface area contributed by atoms with Crippen LogP contribution in [0.3, 0.4) is 0 Å². The Labute approximate surface area is 201 Å². The molecule has 0 aromatic heterocycles. The summed E-state index contributed by atoms with van der Waals surface area (Å²) in [7, 11) is 0. The molecule has 2 rings (SSSR count). The molecule has 0 saturated heterocycles. The van der Waals surface area contributed by atoms with Gasteiger partial charge in [0, 0.05) is 23.1 Å². The molecule has 1 unspecified atom stereocenters. The van der Waals surface area contributed by atoms with Gasteiger partial charge in [-0.1, -0.05) is 56.1 Å². The number of hydrogen-bond donors (Lipinski definition) is 1. The van der Waals surface area contributed by atoms with E-state index in [0.29, 0.717) is 40.2 Å². The molecule has 2 aromatic rings. The van der Waals surface area contributed by atoms with Gasteiger partial charge in [0.05, 0.1) is 0 Å².